The van der Waals surface area contributed by atoms with Gasteiger partial charge in [-0.1, -0.05) is 0 Å². The molecule has 0 atom stereocenters. The summed E-state index contributed by atoms with van der Waals surface area (Å²) in [6, 6.07) is 0. The fraction of sp³-hybridized carbons (Fsp3) is 0.429. The molecule has 1 nitrogen and oxygen atoms in total. The van der Waals surface area contributed by atoms with Crippen LogP contribution in [0.2, 0.25) is 0 Å². The number of rotatable bonds is 0. The first kappa shape index (κ1) is 10.3. The molecule has 0 N–H and O–H groups in total. The van der Waals surface area contributed by atoms with E-state index in [-0.39, 0.29) is 0 Å². The zero-order valence-corrected chi connectivity index (χ0v) is 10.5. The summed E-state index contributed by atoms with van der Waals surface area (Å²) in [7, 11) is 0. The maximum Gasteiger partial charge on any atom is 0.0516 e. The largest absolute Gasteiger partial charge is 0.320 e. The van der Waals surface area contributed by atoms with Gasteiger partial charge in [0.1, 0.15) is 0 Å². The van der Waals surface area contributed by atoms with Gasteiger partial charge in [-0.15, -0.1) is 0 Å². The van der Waals surface area contributed by atoms with Gasteiger partial charge in [-0.2, -0.15) is 0 Å². The Morgan fingerprint density at radius 1 is 0.733 bits per heavy atom. The maximum absolute atomic E-state index is 2.34. The summed E-state index contributed by atoms with van der Waals surface area (Å²) in [4.78, 5) is 0. The molecule has 80 valence electrons. The van der Waals surface area contributed by atoms with Gasteiger partial charge in [0, 0.05) is 11.9 Å². The van der Waals surface area contributed by atoms with Crippen molar-refractivity contribution in [3.05, 3.63) is 39.7 Å². The van der Waals surface area contributed by atoms with Crippen molar-refractivity contribution in [1.29, 1.82) is 0 Å². The van der Waals surface area contributed by atoms with Crippen molar-refractivity contribution in [3.8, 4) is 0 Å². The van der Waals surface area contributed by atoms with Crippen LogP contribution in [-0.2, 0) is 0 Å². The van der Waals surface area contributed by atoms with E-state index in [2.05, 4.69) is 52.1 Å². The number of hydrogen-bond acceptors (Lipinski definition) is 0. The summed E-state index contributed by atoms with van der Waals surface area (Å²) in [5, 5.41) is 0. The molecule has 0 saturated carbocycles. The highest BCUT2D eigenvalue weighted by Crippen LogP contribution is 2.27. The smallest absolute Gasteiger partial charge is 0.0516 e. The molecule has 15 heavy (non-hydrogen) atoms. The van der Waals surface area contributed by atoms with Gasteiger partial charge in [-0.05, 0) is 69.4 Å². The highest BCUT2D eigenvalue weighted by Gasteiger charge is 2.12. The van der Waals surface area contributed by atoms with Crippen molar-refractivity contribution < 1.29 is 0 Å². The highest BCUT2D eigenvalue weighted by atomic mass is 14.9. The molecule has 0 spiro atoms. The van der Waals surface area contributed by atoms with Gasteiger partial charge >= 0.3 is 0 Å². The summed E-state index contributed by atoms with van der Waals surface area (Å²) < 4.78 is 2.34. The zero-order chi connectivity index (χ0) is 11.3. The lowest BCUT2D eigenvalue weighted by Crippen LogP contribution is -2.00. The highest BCUT2D eigenvalue weighted by molar-refractivity contribution is 5.67. The molecular formula is C14H19N. The average Bonchev–Trinajstić information content (AvgIpc) is 2.50. The number of nitrogens with zero attached hydrogens (tertiary/aromatic N) is 1. The Morgan fingerprint density at radius 3 is 1.93 bits per heavy atom. The molecule has 0 aliphatic rings. The number of pyridine rings is 1. The molecule has 0 fully saturated rings. The SMILES string of the molecule is Cc1cn2c(C)c(C)c(C)c(C)c2c1C. The minimum absolute atomic E-state index is 1.37. The standard InChI is InChI=1S/C14H19N/c1-8-7-15-13(6)11(4)10(3)12(5)14(15)9(8)2/h7H,1-6H3. The maximum atomic E-state index is 2.34. The van der Waals surface area contributed by atoms with E-state index in [0.717, 1.165) is 0 Å². The summed E-state index contributed by atoms with van der Waals surface area (Å²) in [5.41, 5.74) is 9.82. The van der Waals surface area contributed by atoms with Gasteiger partial charge < -0.3 is 4.40 Å². The third kappa shape index (κ3) is 1.22. The van der Waals surface area contributed by atoms with E-state index in [4.69, 9.17) is 0 Å². The molecule has 0 radical (unpaired) electrons. The Morgan fingerprint density at radius 2 is 1.33 bits per heavy atom. The van der Waals surface area contributed by atoms with Gasteiger partial charge in [0.15, 0.2) is 0 Å². The second-order valence-corrected chi connectivity index (χ2v) is 4.62. The van der Waals surface area contributed by atoms with Crippen LogP contribution in [0.4, 0.5) is 0 Å². The van der Waals surface area contributed by atoms with E-state index in [1.165, 1.54) is 39.0 Å². The molecule has 0 aliphatic carbocycles. The fourth-order valence-corrected chi connectivity index (χ4v) is 2.36. The van der Waals surface area contributed by atoms with Crippen molar-refractivity contribution in [2.45, 2.75) is 41.5 Å². The fourth-order valence-electron chi connectivity index (χ4n) is 2.36. The van der Waals surface area contributed by atoms with Crippen molar-refractivity contribution in [2.75, 3.05) is 0 Å². The number of hydrogen-bond donors (Lipinski definition) is 0. The molecule has 0 aromatic carbocycles. The van der Waals surface area contributed by atoms with E-state index < -0.39 is 0 Å². The molecule has 0 amide bonds. The second kappa shape index (κ2) is 3.13. The Bertz CT molecular complexity index is 544. The Kier molecular flexibility index (Phi) is 2.14. The number of aryl methyl sites for hydroxylation is 4. The molecular weight excluding hydrogens is 182 g/mol. The van der Waals surface area contributed by atoms with Crippen LogP contribution in [-0.4, -0.2) is 4.40 Å². The Labute approximate surface area is 91.7 Å². The van der Waals surface area contributed by atoms with Crippen molar-refractivity contribution in [2.24, 2.45) is 0 Å². The first-order chi connectivity index (χ1) is 6.95. The van der Waals surface area contributed by atoms with Crippen LogP contribution in [0.3, 0.4) is 0 Å². The molecule has 2 aromatic rings. The number of fused-ring (bicyclic) bond motifs is 1. The minimum Gasteiger partial charge on any atom is -0.320 e. The molecule has 1 heteroatoms. The molecule has 2 heterocycles. The summed E-state index contributed by atoms with van der Waals surface area (Å²) in [6.45, 7) is 13.3. The third-order valence-corrected chi connectivity index (χ3v) is 3.89. The van der Waals surface area contributed by atoms with Gasteiger partial charge in [-0.25, -0.2) is 0 Å². The topological polar surface area (TPSA) is 4.41 Å². The van der Waals surface area contributed by atoms with E-state index >= 15 is 0 Å². The van der Waals surface area contributed by atoms with Gasteiger partial charge in [0.2, 0.25) is 0 Å². The van der Waals surface area contributed by atoms with Crippen LogP contribution in [0.15, 0.2) is 6.20 Å². The Balaban J connectivity index is 3.07. The van der Waals surface area contributed by atoms with Crippen molar-refractivity contribution in [3.63, 3.8) is 0 Å². The predicted molar refractivity (Wildman–Crippen MR) is 65.8 cm³/mol. The lowest BCUT2D eigenvalue weighted by Gasteiger charge is -2.13. The molecule has 2 aromatic heterocycles. The number of aromatic nitrogens is 1. The van der Waals surface area contributed by atoms with E-state index in [1.807, 2.05) is 0 Å². The molecule has 0 unspecified atom stereocenters. The van der Waals surface area contributed by atoms with Gasteiger partial charge in [0.25, 0.3) is 0 Å². The molecule has 0 aliphatic heterocycles. The first-order valence-electron chi connectivity index (χ1n) is 5.49. The summed E-state index contributed by atoms with van der Waals surface area (Å²) in [5.74, 6) is 0. The average molecular weight is 201 g/mol. The molecule has 0 bridgehead atoms. The summed E-state index contributed by atoms with van der Waals surface area (Å²) >= 11 is 0. The quantitative estimate of drug-likeness (QED) is 0.611. The van der Waals surface area contributed by atoms with Crippen LogP contribution < -0.4 is 0 Å². The van der Waals surface area contributed by atoms with Crippen LogP contribution in [0.1, 0.15) is 33.5 Å². The predicted octanol–water partition coefficient (Wildman–Crippen LogP) is 3.79. The van der Waals surface area contributed by atoms with Crippen LogP contribution >= 0.6 is 0 Å². The summed E-state index contributed by atoms with van der Waals surface area (Å²) in [6.07, 6.45) is 2.25. The monoisotopic (exact) mass is 201 g/mol. The van der Waals surface area contributed by atoms with E-state index in [9.17, 15) is 0 Å². The molecule has 0 saturated heterocycles. The van der Waals surface area contributed by atoms with Gasteiger partial charge in [-0.3, -0.25) is 0 Å². The van der Waals surface area contributed by atoms with Crippen LogP contribution in [0.25, 0.3) is 5.52 Å². The zero-order valence-electron chi connectivity index (χ0n) is 10.5. The van der Waals surface area contributed by atoms with Gasteiger partial charge in [0.05, 0.1) is 5.52 Å². The van der Waals surface area contributed by atoms with E-state index in [1.54, 1.807) is 0 Å². The lowest BCUT2D eigenvalue weighted by molar-refractivity contribution is 1.03. The van der Waals surface area contributed by atoms with Crippen molar-refractivity contribution >= 4 is 5.52 Å². The Hall–Kier alpha value is -1.24. The first-order valence-corrected chi connectivity index (χ1v) is 5.49. The minimum atomic E-state index is 1.37. The lowest BCUT2D eigenvalue weighted by atomic mass is 10.0. The van der Waals surface area contributed by atoms with Crippen LogP contribution in [0, 0.1) is 41.5 Å². The van der Waals surface area contributed by atoms with Crippen LogP contribution in [0.5, 0.6) is 0 Å². The second-order valence-electron chi connectivity index (χ2n) is 4.62. The van der Waals surface area contributed by atoms with E-state index in [0.29, 0.717) is 0 Å². The molecule has 2 rings (SSSR count). The third-order valence-electron chi connectivity index (χ3n) is 3.89. The van der Waals surface area contributed by atoms with Crippen molar-refractivity contribution in [1.82, 2.24) is 4.40 Å². The normalized spacial score (nSPS) is 11.3.